The summed E-state index contributed by atoms with van der Waals surface area (Å²) in [6.45, 7) is 2.92. The van der Waals surface area contributed by atoms with E-state index in [1.807, 2.05) is 25.1 Å². The number of nitrogens with one attached hydrogen (secondary N) is 1. The van der Waals surface area contributed by atoms with Gasteiger partial charge in [0, 0.05) is 30.7 Å². The normalized spacial score (nSPS) is 15.1. The van der Waals surface area contributed by atoms with Gasteiger partial charge in [-0.1, -0.05) is 24.6 Å². The molecule has 0 unspecified atom stereocenters. The van der Waals surface area contributed by atoms with Gasteiger partial charge in [0.15, 0.2) is 0 Å². The number of aromatic nitrogens is 2. The van der Waals surface area contributed by atoms with Gasteiger partial charge in [0.2, 0.25) is 10.0 Å². The van der Waals surface area contributed by atoms with E-state index >= 15 is 0 Å². The van der Waals surface area contributed by atoms with Crippen molar-refractivity contribution in [3.63, 3.8) is 0 Å². The highest BCUT2D eigenvalue weighted by atomic mass is 32.2. The van der Waals surface area contributed by atoms with Crippen molar-refractivity contribution in [3.05, 3.63) is 72.1 Å². The number of nitrogens with zero attached hydrogens (tertiary/aromatic N) is 3. The molecule has 1 aliphatic heterocycles. The molecule has 0 radical (unpaired) electrons. The predicted octanol–water partition coefficient (Wildman–Crippen LogP) is 3.61. The largest absolute Gasteiger partial charge is 0.322 e. The molecular weight excluding hydrogens is 400 g/mol. The summed E-state index contributed by atoms with van der Waals surface area (Å²) in [4.78, 5) is 13.1. The van der Waals surface area contributed by atoms with Crippen LogP contribution < -0.4 is 5.32 Å². The summed E-state index contributed by atoms with van der Waals surface area (Å²) in [7, 11) is -3.72. The van der Waals surface area contributed by atoms with Gasteiger partial charge in [0.05, 0.1) is 16.1 Å². The molecule has 3 aromatic rings. The zero-order chi connectivity index (χ0) is 21.1. The molecule has 1 amide bonds. The monoisotopic (exact) mass is 424 g/mol. The van der Waals surface area contributed by atoms with Crippen LogP contribution in [0.4, 0.5) is 5.69 Å². The van der Waals surface area contributed by atoms with Gasteiger partial charge in [-0.25, -0.2) is 13.1 Å². The highest BCUT2D eigenvalue weighted by Crippen LogP contribution is 2.25. The maximum Gasteiger partial charge on any atom is 0.257 e. The number of amides is 1. The third-order valence-electron chi connectivity index (χ3n) is 5.25. The molecule has 1 fully saturated rings. The Morgan fingerprint density at radius 2 is 1.77 bits per heavy atom. The Morgan fingerprint density at radius 1 is 1.00 bits per heavy atom. The first-order chi connectivity index (χ1) is 14.5. The standard InChI is InChI=1S/C22H24N4O3S/c1-17-12-13-23-26(17)19-9-7-8-18(16-19)24-22(27)20-10-3-4-11-21(20)30(28,29)25-14-5-2-6-15-25/h3-4,7-13,16H,2,5-6,14-15H2,1H3,(H,24,27). The second kappa shape index (κ2) is 8.41. The molecule has 8 heteroatoms. The Morgan fingerprint density at radius 3 is 2.50 bits per heavy atom. The van der Waals surface area contributed by atoms with Crippen molar-refractivity contribution in [2.75, 3.05) is 18.4 Å². The van der Waals surface area contributed by atoms with Gasteiger partial charge in [-0.2, -0.15) is 9.40 Å². The van der Waals surface area contributed by atoms with Gasteiger partial charge in [0.25, 0.3) is 5.91 Å². The van der Waals surface area contributed by atoms with E-state index in [9.17, 15) is 13.2 Å². The minimum atomic E-state index is -3.72. The van der Waals surface area contributed by atoms with Crippen molar-refractivity contribution in [1.29, 1.82) is 0 Å². The van der Waals surface area contributed by atoms with Crippen molar-refractivity contribution in [2.45, 2.75) is 31.1 Å². The van der Waals surface area contributed by atoms with Crippen LogP contribution in [-0.4, -0.2) is 41.5 Å². The SMILES string of the molecule is Cc1ccnn1-c1cccc(NC(=O)c2ccccc2S(=O)(=O)N2CCCCC2)c1. The lowest BCUT2D eigenvalue weighted by Gasteiger charge is -2.26. The molecule has 1 N–H and O–H groups in total. The van der Waals surface area contributed by atoms with E-state index in [1.165, 1.54) is 10.4 Å². The summed E-state index contributed by atoms with van der Waals surface area (Å²) in [5, 5.41) is 7.11. The Balaban J connectivity index is 1.62. The quantitative estimate of drug-likeness (QED) is 0.678. The molecule has 0 spiro atoms. The fraction of sp³-hybridized carbons (Fsp3) is 0.273. The number of carbonyl (C=O) groups excluding carboxylic acids is 1. The number of carbonyl (C=O) groups is 1. The number of benzene rings is 2. The molecule has 156 valence electrons. The molecule has 0 saturated carbocycles. The molecule has 0 atom stereocenters. The van der Waals surface area contributed by atoms with Crippen LogP contribution >= 0.6 is 0 Å². The molecule has 1 saturated heterocycles. The Labute approximate surface area is 176 Å². The van der Waals surface area contributed by atoms with Crippen LogP contribution in [0.25, 0.3) is 5.69 Å². The van der Waals surface area contributed by atoms with Crippen LogP contribution in [0.1, 0.15) is 35.3 Å². The summed E-state index contributed by atoms with van der Waals surface area (Å²) >= 11 is 0. The van der Waals surface area contributed by atoms with Crippen molar-refractivity contribution in [3.8, 4) is 5.69 Å². The van der Waals surface area contributed by atoms with Crippen molar-refractivity contribution < 1.29 is 13.2 Å². The van der Waals surface area contributed by atoms with Gasteiger partial charge in [-0.15, -0.1) is 0 Å². The zero-order valence-electron chi connectivity index (χ0n) is 16.8. The summed E-state index contributed by atoms with van der Waals surface area (Å²) in [6.07, 6.45) is 4.42. The van der Waals surface area contributed by atoms with Crippen LogP contribution in [0, 0.1) is 6.92 Å². The third kappa shape index (κ3) is 4.01. The molecule has 1 aromatic heterocycles. The highest BCUT2D eigenvalue weighted by molar-refractivity contribution is 7.89. The number of piperidine rings is 1. The Kier molecular flexibility index (Phi) is 5.69. The van der Waals surface area contributed by atoms with Crippen LogP contribution in [-0.2, 0) is 10.0 Å². The third-order valence-corrected chi connectivity index (χ3v) is 7.20. The lowest BCUT2D eigenvalue weighted by atomic mass is 10.2. The van der Waals surface area contributed by atoms with E-state index in [1.54, 1.807) is 41.2 Å². The average Bonchev–Trinajstić information content (AvgIpc) is 3.20. The minimum absolute atomic E-state index is 0.0449. The molecule has 2 aromatic carbocycles. The summed E-state index contributed by atoms with van der Waals surface area (Å²) < 4.78 is 29.5. The fourth-order valence-corrected chi connectivity index (χ4v) is 5.38. The van der Waals surface area contributed by atoms with E-state index in [0.29, 0.717) is 18.8 Å². The van der Waals surface area contributed by atoms with E-state index in [-0.39, 0.29) is 10.5 Å². The Bertz CT molecular complexity index is 1160. The van der Waals surface area contributed by atoms with E-state index in [2.05, 4.69) is 10.4 Å². The molecule has 2 heterocycles. The minimum Gasteiger partial charge on any atom is -0.322 e. The number of aryl methyl sites for hydroxylation is 1. The van der Waals surface area contributed by atoms with Gasteiger partial charge in [-0.3, -0.25) is 4.79 Å². The van der Waals surface area contributed by atoms with E-state index in [0.717, 1.165) is 30.6 Å². The van der Waals surface area contributed by atoms with Gasteiger partial charge in [-0.05, 0) is 56.2 Å². The second-order valence-corrected chi connectivity index (χ2v) is 9.26. The number of hydrogen-bond donors (Lipinski definition) is 1. The van der Waals surface area contributed by atoms with Crippen LogP contribution in [0.3, 0.4) is 0 Å². The average molecular weight is 425 g/mol. The summed E-state index contributed by atoms with van der Waals surface area (Å²) in [6, 6.07) is 15.6. The van der Waals surface area contributed by atoms with E-state index < -0.39 is 15.9 Å². The highest BCUT2D eigenvalue weighted by Gasteiger charge is 2.29. The lowest BCUT2D eigenvalue weighted by Crippen LogP contribution is -2.36. The van der Waals surface area contributed by atoms with Gasteiger partial charge < -0.3 is 5.32 Å². The maximum atomic E-state index is 13.1. The Hall–Kier alpha value is -2.97. The summed E-state index contributed by atoms with van der Waals surface area (Å²) in [5.74, 6) is -0.458. The van der Waals surface area contributed by atoms with Crippen LogP contribution in [0.2, 0.25) is 0 Å². The predicted molar refractivity (Wildman–Crippen MR) is 115 cm³/mol. The molecule has 1 aliphatic rings. The number of sulfonamides is 1. The molecule has 0 bridgehead atoms. The topological polar surface area (TPSA) is 84.3 Å². The number of rotatable bonds is 5. The fourth-order valence-electron chi connectivity index (χ4n) is 3.68. The molecule has 30 heavy (non-hydrogen) atoms. The van der Waals surface area contributed by atoms with E-state index in [4.69, 9.17) is 0 Å². The molecular formula is C22H24N4O3S. The van der Waals surface area contributed by atoms with Crippen molar-refractivity contribution in [1.82, 2.24) is 14.1 Å². The molecule has 4 rings (SSSR count). The summed E-state index contributed by atoms with van der Waals surface area (Å²) in [5.41, 5.74) is 2.49. The molecule has 0 aliphatic carbocycles. The second-order valence-electron chi connectivity index (χ2n) is 7.35. The van der Waals surface area contributed by atoms with Crippen LogP contribution in [0.5, 0.6) is 0 Å². The molecule has 7 nitrogen and oxygen atoms in total. The zero-order valence-corrected chi connectivity index (χ0v) is 17.6. The first-order valence-electron chi connectivity index (χ1n) is 9.98. The van der Waals surface area contributed by atoms with Crippen molar-refractivity contribution >= 4 is 21.6 Å². The van der Waals surface area contributed by atoms with Crippen molar-refractivity contribution in [2.24, 2.45) is 0 Å². The number of anilines is 1. The smallest absolute Gasteiger partial charge is 0.257 e. The number of hydrogen-bond acceptors (Lipinski definition) is 4. The van der Waals surface area contributed by atoms with Gasteiger partial charge in [0.1, 0.15) is 0 Å². The maximum absolute atomic E-state index is 13.1. The van der Waals surface area contributed by atoms with Crippen LogP contribution in [0.15, 0.2) is 65.7 Å². The van der Waals surface area contributed by atoms with Gasteiger partial charge >= 0.3 is 0 Å². The lowest BCUT2D eigenvalue weighted by molar-refractivity contribution is 0.102. The first-order valence-corrected chi connectivity index (χ1v) is 11.4. The first kappa shape index (κ1) is 20.3.